The van der Waals surface area contributed by atoms with Crippen molar-refractivity contribution in [3.8, 4) is 5.75 Å². The number of nitrogens with one attached hydrogen (secondary N) is 1. The molecule has 7 nitrogen and oxygen atoms in total. The van der Waals surface area contributed by atoms with Crippen LogP contribution in [0.25, 0.3) is 5.65 Å². The van der Waals surface area contributed by atoms with E-state index in [1.165, 1.54) is 25.3 Å². The van der Waals surface area contributed by atoms with Gasteiger partial charge in [-0.1, -0.05) is 12.1 Å². The van der Waals surface area contributed by atoms with Crippen LogP contribution < -0.4 is 10.1 Å². The molecule has 2 heterocycles. The van der Waals surface area contributed by atoms with Crippen LogP contribution in [0.15, 0.2) is 83.0 Å². The third-order valence-corrected chi connectivity index (χ3v) is 6.54. The van der Waals surface area contributed by atoms with E-state index in [4.69, 9.17) is 4.74 Å². The summed E-state index contributed by atoms with van der Waals surface area (Å²) >= 11 is 0. The number of hydrogen-bond acceptors (Lipinski definition) is 5. The second kappa shape index (κ2) is 8.19. The second-order valence-electron chi connectivity index (χ2n) is 6.74. The summed E-state index contributed by atoms with van der Waals surface area (Å²) in [6.45, 7) is 0.213. The minimum atomic E-state index is -3.97. The molecule has 0 aliphatic carbocycles. The molecule has 0 saturated heterocycles. The average molecular weight is 439 g/mol. The summed E-state index contributed by atoms with van der Waals surface area (Å²) in [5.74, 6) is -0.878. The summed E-state index contributed by atoms with van der Waals surface area (Å²) in [5.41, 5.74) is 1.92. The minimum Gasteiger partial charge on any atom is -0.495 e. The van der Waals surface area contributed by atoms with Crippen molar-refractivity contribution in [1.29, 1.82) is 0 Å². The topological polar surface area (TPSA) is 89.8 Å². The van der Waals surface area contributed by atoms with Gasteiger partial charge >= 0.3 is 0 Å². The van der Waals surface area contributed by atoms with Gasteiger partial charge in [0.15, 0.2) is 0 Å². The zero-order valence-electron chi connectivity index (χ0n) is 16.4. The molecule has 0 radical (unpaired) electrons. The quantitative estimate of drug-likeness (QED) is 0.498. The molecule has 1 N–H and O–H groups in total. The largest absolute Gasteiger partial charge is 0.495 e. The number of methoxy groups -OCH3 is 1. The highest BCUT2D eigenvalue weighted by Crippen LogP contribution is 2.30. The second-order valence-corrected chi connectivity index (χ2v) is 8.65. The van der Waals surface area contributed by atoms with Crippen molar-refractivity contribution < 1.29 is 22.3 Å². The lowest BCUT2D eigenvalue weighted by Crippen LogP contribution is -2.23. The van der Waals surface area contributed by atoms with Crippen LogP contribution >= 0.6 is 0 Å². The molecule has 0 unspecified atom stereocenters. The lowest BCUT2D eigenvalue weighted by atomic mass is 10.2. The van der Waals surface area contributed by atoms with E-state index in [1.807, 2.05) is 0 Å². The molecular weight excluding hydrogens is 421 g/mol. The Bertz CT molecular complexity index is 1370. The molecule has 0 atom stereocenters. The summed E-state index contributed by atoms with van der Waals surface area (Å²) in [6.07, 6.45) is 5.07. The molecule has 0 saturated carbocycles. The number of benzene rings is 2. The molecule has 0 spiro atoms. The van der Waals surface area contributed by atoms with Gasteiger partial charge < -0.3 is 14.5 Å². The van der Waals surface area contributed by atoms with Gasteiger partial charge in [0.05, 0.1) is 17.6 Å². The monoisotopic (exact) mass is 439 g/mol. The maximum Gasteiger partial charge on any atom is 0.253 e. The van der Waals surface area contributed by atoms with Crippen LogP contribution in [-0.4, -0.2) is 30.8 Å². The SMILES string of the molecule is COc1ccc(F)cc1S(=O)(=O)c1ccc(CNC(=O)c2ccc3nccn3c2)cc1. The maximum absolute atomic E-state index is 13.6. The van der Waals surface area contributed by atoms with Crippen molar-refractivity contribution in [3.05, 3.63) is 90.1 Å². The predicted molar refractivity (Wildman–Crippen MR) is 111 cm³/mol. The first kappa shape index (κ1) is 20.5. The zero-order chi connectivity index (χ0) is 22.0. The lowest BCUT2D eigenvalue weighted by Gasteiger charge is -2.11. The van der Waals surface area contributed by atoms with E-state index in [0.29, 0.717) is 11.1 Å². The highest BCUT2D eigenvalue weighted by Gasteiger charge is 2.23. The van der Waals surface area contributed by atoms with E-state index in [0.717, 1.165) is 17.8 Å². The fourth-order valence-corrected chi connectivity index (χ4v) is 4.54. The number of rotatable bonds is 6. The van der Waals surface area contributed by atoms with Crippen molar-refractivity contribution in [3.63, 3.8) is 0 Å². The van der Waals surface area contributed by atoms with Gasteiger partial charge in [-0.25, -0.2) is 17.8 Å². The number of carbonyl (C=O) groups excluding carboxylic acids is 1. The van der Waals surface area contributed by atoms with Gasteiger partial charge in [-0.15, -0.1) is 0 Å². The summed E-state index contributed by atoms with van der Waals surface area (Å²) in [4.78, 5) is 16.3. The Morgan fingerprint density at radius 3 is 2.65 bits per heavy atom. The average Bonchev–Trinajstić information content (AvgIpc) is 3.25. The number of hydrogen-bond donors (Lipinski definition) is 1. The molecule has 0 aliphatic rings. The molecule has 2 aromatic heterocycles. The predicted octanol–water partition coefficient (Wildman–Crippen LogP) is 3.24. The third kappa shape index (κ3) is 4.13. The van der Waals surface area contributed by atoms with E-state index in [-0.39, 0.29) is 28.0 Å². The number of imidazole rings is 1. The smallest absolute Gasteiger partial charge is 0.253 e. The van der Waals surface area contributed by atoms with Gasteiger partial charge in [-0.05, 0) is 48.0 Å². The van der Waals surface area contributed by atoms with Gasteiger partial charge in [0.25, 0.3) is 5.91 Å². The van der Waals surface area contributed by atoms with Crippen molar-refractivity contribution in [2.24, 2.45) is 0 Å². The standard InChI is InChI=1S/C22H18FN3O4S/c1-30-19-8-5-17(23)12-20(19)31(28,29)18-6-2-15(3-7-18)13-25-22(27)16-4-9-21-24-10-11-26(21)14-16/h2-12,14H,13H2,1H3,(H,25,27). The van der Waals surface area contributed by atoms with Gasteiger partial charge in [0.2, 0.25) is 9.84 Å². The van der Waals surface area contributed by atoms with Crippen LogP contribution in [0, 0.1) is 5.82 Å². The van der Waals surface area contributed by atoms with Crippen molar-refractivity contribution in [2.45, 2.75) is 16.3 Å². The first-order valence-corrected chi connectivity index (χ1v) is 10.8. The van der Waals surface area contributed by atoms with Gasteiger partial charge in [0.1, 0.15) is 22.1 Å². The van der Waals surface area contributed by atoms with Gasteiger partial charge in [0, 0.05) is 25.1 Å². The van der Waals surface area contributed by atoms with E-state index in [1.54, 1.807) is 47.3 Å². The molecule has 31 heavy (non-hydrogen) atoms. The Labute approximate surface area is 178 Å². The first-order chi connectivity index (χ1) is 14.9. The fourth-order valence-electron chi connectivity index (χ4n) is 3.11. The number of carbonyl (C=O) groups is 1. The number of fused-ring (bicyclic) bond motifs is 1. The zero-order valence-corrected chi connectivity index (χ0v) is 17.3. The molecular formula is C22H18FN3O4S. The van der Waals surface area contributed by atoms with Crippen molar-refractivity contribution in [1.82, 2.24) is 14.7 Å². The summed E-state index contributed by atoms with van der Waals surface area (Å²) in [6, 6.07) is 12.8. The van der Waals surface area contributed by atoms with E-state index in [9.17, 15) is 17.6 Å². The third-order valence-electron chi connectivity index (χ3n) is 4.75. The molecule has 4 rings (SSSR count). The molecule has 158 valence electrons. The molecule has 1 amide bonds. The maximum atomic E-state index is 13.6. The fraction of sp³-hybridized carbons (Fsp3) is 0.0909. The molecule has 0 bridgehead atoms. The van der Waals surface area contributed by atoms with Gasteiger partial charge in [-0.3, -0.25) is 4.79 Å². The van der Waals surface area contributed by atoms with E-state index < -0.39 is 15.7 Å². The number of nitrogens with zero attached hydrogens (tertiary/aromatic N) is 2. The van der Waals surface area contributed by atoms with Crippen LogP contribution in [0.3, 0.4) is 0 Å². The lowest BCUT2D eigenvalue weighted by molar-refractivity contribution is 0.0950. The molecule has 4 aromatic rings. The first-order valence-electron chi connectivity index (χ1n) is 9.27. The Balaban J connectivity index is 1.49. The Morgan fingerprint density at radius 1 is 1.13 bits per heavy atom. The molecule has 0 aliphatic heterocycles. The summed E-state index contributed by atoms with van der Waals surface area (Å²) in [5, 5.41) is 2.80. The Morgan fingerprint density at radius 2 is 1.90 bits per heavy atom. The van der Waals surface area contributed by atoms with Crippen LogP contribution in [0.4, 0.5) is 4.39 Å². The van der Waals surface area contributed by atoms with Gasteiger partial charge in [-0.2, -0.15) is 0 Å². The highest BCUT2D eigenvalue weighted by atomic mass is 32.2. The Kier molecular flexibility index (Phi) is 5.43. The van der Waals surface area contributed by atoms with Crippen molar-refractivity contribution in [2.75, 3.05) is 7.11 Å². The number of sulfone groups is 1. The normalized spacial score (nSPS) is 11.4. The highest BCUT2D eigenvalue weighted by molar-refractivity contribution is 7.91. The summed E-state index contributed by atoms with van der Waals surface area (Å²) in [7, 11) is -2.65. The van der Waals surface area contributed by atoms with E-state index >= 15 is 0 Å². The van der Waals surface area contributed by atoms with Crippen LogP contribution in [0.2, 0.25) is 0 Å². The Hall–Kier alpha value is -3.72. The van der Waals surface area contributed by atoms with Crippen molar-refractivity contribution >= 4 is 21.4 Å². The van der Waals surface area contributed by atoms with E-state index in [2.05, 4.69) is 10.3 Å². The number of amides is 1. The van der Waals surface area contributed by atoms with Crippen LogP contribution in [0.1, 0.15) is 15.9 Å². The molecule has 0 fully saturated rings. The molecule has 2 aromatic carbocycles. The summed E-state index contributed by atoms with van der Waals surface area (Å²) < 4.78 is 46.2. The number of pyridine rings is 1. The minimum absolute atomic E-state index is 0.00274. The van der Waals surface area contributed by atoms with Crippen LogP contribution in [0.5, 0.6) is 5.75 Å². The molecule has 9 heteroatoms. The number of aromatic nitrogens is 2. The van der Waals surface area contributed by atoms with Crippen LogP contribution in [-0.2, 0) is 16.4 Å². The number of ether oxygens (including phenoxy) is 1. The number of halogens is 1.